The quantitative estimate of drug-likeness (QED) is 0.616. The lowest BCUT2D eigenvalue weighted by molar-refractivity contribution is -0.385. The van der Waals surface area contributed by atoms with Crippen molar-refractivity contribution >= 4 is 11.6 Å². The zero-order valence-electron chi connectivity index (χ0n) is 10.9. The summed E-state index contributed by atoms with van der Waals surface area (Å²) in [6, 6.07) is 0.00621. The fraction of sp³-hybridized carbons (Fsp3) is 0.636. The fourth-order valence-corrected chi connectivity index (χ4v) is 2.17. The van der Waals surface area contributed by atoms with Crippen LogP contribution in [-0.4, -0.2) is 44.6 Å². The van der Waals surface area contributed by atoms with Gasteiger partial charge in [0.15, 0.2) is 0 Å². The first-order chi connectivity index (χ1) is 8.82. The highest BCUT2D eigenvalue weighted by molar-refractivity contribution is 5.84. The molecule has 0 saturated carbocycles. The highest BCUT2D eigenvalue weighted by Gasteiger charge is 2.37. The van der Waals surface area contributed by atoms with Crippen molar-refractivity contribution in [1.29, 1.82) is 0 Å². The largest absolute Gasteiger partial charge is 0.339 e. The predicted octanol–water partition coefficient (Wildman–Crippen LogP) is 0.0860. The predicted molar refractivity (Wildman–Crippen MR) is 67.4 cm³/mol. The molecule has 1 aliphatic heterocycles. The first kappa shape index (κ1) is 13.5. The second-order valence-corrected chi connectivity index (χ2v) is 5.26. The number of likely N-dealkylation sites (tertiary alicyclic amines) is 1. The van der Waals surface area contributed by atoms with Crippen molar-refractivity contribution in [3.63, 3.8) is 0 Å². The standard InChI is InChI=1S/C11H17N5O3/c1-11(2,10(17)14-4-3-8(12)6-14)15-7-9(5-13-15)16(18)19/h5,7-8H,3-4,6,12H2,1-2H3/t8-/m1/s1. The molecule has 1 aliphatic rings. The van der Waals surface area contributed by atoms with Crippen molar-refractivity contribution in [2.24, 2.45) is 5.73 Å². The third-order valence-electron chi connectivity index (χ3n) is 3.39. The molecule has 1 amide bonds. The monoisotopic (exact) mass is 267 g/mol. The average molecular weight is 267 g/mol. The minimum atomic E-state index is -0.960. The first-order valence-electron chi connectivity index (χ1n) is 6.07. The SMILES string of the molecule is CC(C)(C(=O)N1CC[C@@H](N)C1)n1cc([N+](=O)[O-])cn1. The molecule has 0 radical (unpaired) electrons. The van der Waals surface area contributed by atoms with Crippen LogP contribution in [0.25, 0.3) is 0 Å². The number of nitro groups is 1. The molecule has 8 heteroatoms. The van der Waals surface area contributed by atoms with E-state index in [2.05, 4.69) is 5.10 Å². The van der Waals surface area contributed by atoms with Crippen LogP contribution in [0.4, 0.5) is 5.69 Å². The lowest BCUT2D eigenvalue weighted by atomic mass is 10.0. The highest BCUT2D eigenvalue weighted by Crippen LogP contribution is 2.23. The normalized spacial score (nSPS) is 19.7. The van der Waals surface area contributed by atoms with Gasteiger partial charge < -0.3 is 10.6 Å². The van der Waals surface area contributed by atoms with E-state index in [-0.39, 0.29) is 17.6 Å². The van der Waals surface area contributed by atoms with E-state index in [9.17, 15) is 14.9 Å². The Bertz CT molecular complexity index is 510. The van der Waals surface area contributed by atoms with E-state index in [1.165, 1.54) is 10.9 Å². The number of carbonyl (C=O) groups excluding carboxylic acids is 1. The Morgan fingerprint density at radius 3 is 2.79 bits per heavy atom. The van der Waals surface area contributed by atoms with Crippen molar-refractivity contribution in [2.45, 2.75) is 31.8 Å². The Morgan fingerprint density at radius 1 is 1.63 bits per heavy atom. The van der Waals surface area contributed by atoms with Gasteiger partial charge in [-0.15, -0.1) is 0 Å². The van der Waals surface area contributed by atoms with Gasteiger partial charge in [0, 0.05) is 19.1 Å². The second-order valence-electron chi connectivity index (χ2n) is 5.26. The van der Waals surface area contributed by atoms with Gasteiger partial charge in [-0.05, 0) is 20.3 Å². The minimum absolute atomic E-state index is 0.00621. The smallest absolute Gasteiger partial charge is 0.307 e. The van der Waals surface area contributed by atoms with E-state index < -0.39 is 10.5 Å². The van der Waals surface area contributed by atoms with Gasteiger partial charge in [0.1, 0.15) is 17.9 Å². The van der Waals surface area contributed by atoms with Gasteiger partial charge in [-0.25, -0.2) is 0 Å². The van der Waals surface area contributed by atoms with Crippen LogP contribution in [0.1, 0.15) is 20.3 Å². The summed E-state index contributed by atoms with van der Waals surface area (Å²) in [5, 5.41) is 14.6. The van der Waals surface area contributed by atoms with Gasteiger partial charge in [0.25, 0.3) is 0 Å². The van der Waals surface area contributed by atoms with E-state index in [0.717, 1.165) is 12.6 Å². The summed E-state index contributed by atoms with van der Waals surface area (Å²) in [5.74, 6) is -0.126. The van der Waals surface area contributed by atoms with Gasteiger partial charge in [-0.3, -0.25) is 19.6 Å². The third-order valence-corrected chi connectivity index (χ3v) is 3.39. The molecule has 8 nitrogen and oxygen atoms in total. The Labute approximate surface area is 110 Å². The molecule has 1 atom stereocenters. The summed E-state index contributed by atoms with van der Waals surface area (Å²) < 4.78 is 1.33. The van der Waals surface area contributed by atoms with Crippen molar-refractivity contribution < 1.29 is 9.72 Å². The molecule has 0 spiro atoms. The molecule has 2 N–H and O–H groups in total. The molecule has 19 heavy (non-hydrogen) atoms. The Kier molecular flexibility index (Phi) is 3.27. The Balaban J connectivity index is 2.20. The number of aromatic nitrogens is 2. The molecule has 2 rings (SSSR count). The number of carbonyl (C=O) groups is 1. The third kappa shape index (κ3) is 2.43. The average Bonchev–Trinajstić information content (AvgIpc) is 2.96. The van der Waals surface area contributed by atoms with Crippen LogP contribution in [0.15, 0.2) is 12.4 Å². The van der Waals surface area contributed by atoms with Gasteiger partial charge in [0.05, 0.1) is 4.92 Å². The van der Waals surface area contributed by atoms with Crippen LogP contribution < -0.4 is 5.73 Å². The highest BCUT2D eigenvalue weighted by atomic mass is 16.6. The van der Waals surface area contributed by atoms with E-state index in [1.54, 1.807) is 18.7 Å². The minimum Gasteiger partial charge on any atom is -0.339 e. The van der Waals surface area contributed by atoms with Gasteiger partial charge in [0.2, 0.25) is 5.91 Å². The molecule has 0 unspecified atom stereocenters. The molecular weight excluding hydrogens is 250 g/mol. The zero-order chi connectivity index (χ0) is 14.2. The summed E-state index contributed by atoms with van der Waals surface area (Å²) >= 11 is 0. The number of hydrogen-bond acceptors (Lipinski definition) is 5. The summed E-state index contributed by atoms with van der Waals surface area (Å²) in [4.78, 5) is 24.2. The van der Waals surface area contributed by atoms with Crippen LogP contribution in [0, 0.1) is 10.1 Å². The lowest BCUT2D eigenvalue weighted by Crippen LogP contribution is -2.47. The topological polar surface area (TPSA) is 107 Å². The maximum Gasteiger partial charge on any atom is 0.307 e. The van der Waals surface area contributed by atoms with Crippen LogP contribution >= 0.6 is 0 Å². The van der Waals surface area contributed by atoms with Crippen molar-refractivity contribution in [2.75, 3.05) is 13.1 Å². The molecule has 1 aromatic heterocycles. The van der Waals surface area contributed by atoms with Crippen LogP contribution in [-0.2, 0) is 10.3 Å². The number of rotatable bonds is 3. The Hall–Kier alpha value is -1.96. The zero-order valence-corrected chi connectivity index (χ0v) is 10.9. The van der Waals surface area contributed by atoms with Crippen LogP contribution in [0.3, 0.4) is 0 Å². The lowest BCUT2D eigenvalue weighted by Gasteiger charge is -2.29. The van der Waals surface area contributed by atoms with E-state index >= 15 is 0 Å². The summed E-state index contributed by atoms with van der Waals surface area (Å²) in [6.45, 7) is 4.52. The van der Waals surface area contributed by atoms with Crippen molar-refractivity contribution in [3.05, 3.63) is 22.5 Å². The second kappa shape index (κ2) is 4.61. The molecule has 1 fully saturated rings. The molecule has 0 aromatic carbocycles. The Morgan fingerprint density at radius 2 is 2.32 bits per heavy atom. The number of nitrogens with zero attached hydrogens (tertiary/aromatic N) is 4. The molecule has 104 valence electrons. The number of amides is 1. The molecule has 0 aliphatic carbocycles. The number of nitrogens with two attached hydrogens (primary N) is 1. The molecule has 0 bridgehead atoms. The molecule has 1 aromatic rings. The van der Waals surface area contributed by atoms with E-state index in [1.807, 2.05) is 0 Å². The van der Waals surface area contributed by atoms with Gasteiger partial charge in [-0.1, -0.05) is 0 Å². The fourth-order valence-electron chi connectivity index (χ4n) is 2.17. The maximum atomic E-state index is 12.4. The molecular formula is C11H17N5O3. The van der Waals surface area contributed by atoms with Gasteiger partial charge in [-0.2, -0.15) is 5.10 Å². The van der Waals surface area contributed by atoms with Gasteiger partial charge >= 0.3 is 5.69 Å². The maximum absolute atomic E-state index is 12.4. The molecule has 2 heterocycles. The van der Waals surface area contributed by atoms with Crippen molar-refractivity contribution in [1.82, 2.24) is 14.7 Å². The first-order valence-corrected chi connectivity index (χ1v) is 6.07. The summed E-state index contributed by atoms with van der Waals surface area (Å²) in [6.07, 6.45) is 3.19. The number of hydrogen-bond donors (Lipinski definition) is 1. The van der Waals surface area contributed by atoms with Crippen LogP contribution in [0.2, 0.25) is 0 Å². The van der Waals surface area contributed by atoms with E-state index in [4.69, 9.17) is 5.73 Å². The summed E-state index contributed by atoms with van der Waals surface area (Å²) in [5.41, 5.74) is 4.70. The van der Waals surface area contributed by atoms with Crippen molar-refractivity contribution in [3.8, 4) is 0 Å². The summed E-state index contributed by atoms with van der Waals surface area (Å²) in [7, 11) is 0. The molecule has 1 saturated heterocycles. The van der Waals surface area contributed by atoms with E-state index in [0.29, 0.717) is 13.1 Å². The van der Waals surface area contributed by atoms with Crippen LogP contribution in [0.5, 0.6) is 0 Å².